The molecule has 2 N–H and O–H groups in total. The normalized spacial score (nSPS) is 14.7. The van der Waals surface area contributed by atoms with Gasteiger partial charge in [-0.25, -0.2) is 19.3 Å². The average molecular weight is 586 g/mol. The summed E-state index contributed by atoms with van der Waals surface area (Å²) in [5.41, 5.74) is 2.20. The minimum atomic E-state index is -0.667. The van der Waals surface area contributed by atoms with Crippen molar-refractivity contribution < 1.29 is 10.2 Å². The molecule has 0 aliphatic heterocycles. The third-order valence-corrected chi connectivity index (χ3v) is 6.86. The Morgan fingerprint density at radius 2 is 1.35 bits per heavy atom. The van der Waals surface area contributed by atoms with Gasteiger partial charge in [-0.2, -0.15) is 10.2 Å². The molecule has 0 radical (unpaired) electrons. The van der Waals surface area contributed by atoms with Crippen molar-refractivity contribution in [2.75, 3.05) is 0 Å². The predicted molar refractivity (Wildman–Crippen MR) is 161 cm³/mol. The van der Waals surface area contributed by atoms with E-state index in [0.29, 0.717) is 22.2 Å². The molecule has 0 fully saturated rings. The second-order valence-corrected chi connectivity index (χ2v) is 12.7. The van der Waals surface area contributed by atoms with Crippen molar-refractivity contribution in [1.82, 2.24) is 29.5 Å². The fourth-order valence-electron chi connectivity index (χ4n) is 3.96. The highest BCUT2D eigenvalue weighted by molar-refractivity contribution is 6.30. The molecule has 0 amide bonds. The van der Waals surface area contributed by atoms with Gasteiger partial charge in [0.2, 0.25) is 0 Å². The first-order valence-electron chi connectivity index (χ1n) is 13.0. The van der Waals surface area contributed by atoms with Crippen LogP contribution >= 0.6 is 23.2 Å². The Morgan fingerprint density at radius 1 is 0.800 bits per heavy atom. The van der Waals surface area contributed by atoms with Crippen molar-refractivity contribution >= 4 is 35.0 Å². The number of hydrogen-bond donors (Lipinski definition) is 2. The molecule has 2 heterocycles. The van der Waals surface area contributed by atoms with E-state index in [2.05, 4.69) is 20.2 Å². The van der Waals surface area contributed by atoms with Crippen LogP contribution in [-0.2, 0) is 6.42 Å². The van der Waals surface area contributed by atoms with Gasteiger partial charge in [-0.15, -0.1) is 0 Å². The summed E-state index contributed by atoms with van der Waals surface area (Å²) in [5, 5.41) is 30.9. The number of nitrogens with zero attached hydrogens (tertiary/aromatic N) is 6. The summed E-state index contributed by atoms with van der Waals surface area (Å²) in [6.07, 6.45) is 7.54. The first kappa shape index (κ1) is 31.5. The van der Waals surface area contributed by atoms with Gasteiger partial charge in [-0.1, -0.05) is 89.0 Å². The van der Waals surface area contributed by atoms with Crippen LogP contribution in [-0.4, -0.2) is 51.9 Å². The quantitative estimate of drug-likeness (QED) is 0.258. The summed E-state index contributed by atoms with van der Waals surface area (Å²) >= 11 is 11.8. The zero-order valence-electron chi connectivity index (χ0n) is 23.8. The lowest BCUT2D eigenvalue weighted by Crippen LogP contribution is -2.37. The largest absolute Gasteiger partial charge is 0.390 e. The third-order valence-electron chi connectivity index (χ3n) is 6.35. The molecule has 2 aromatic carbocycles. The average Bonchev–Trinajstić information content (AvgIpc) is 3.62. The SMILES string of the molecule is CC(C)(C)C(O)C(=Cc1ccc(Cl)cc1)n1cncn1.CC(C)(C)C(O)C(Cc1ccc(Cl)cc1)n1cncn1. The lowest BCUT2D eigenvalue weighted by Gasteiger charge is -2.33. The molecule has 0 bridgehead atoms. The van der Waals surface area contributed by atoms with E-state index in [1.54, 1.807) is 22.0 Å². The van der Waals surface area contributed by atoms with Crippen molar-refractivity contribution in [2.45, 2.75) is 66.2 Å². The Morgan fingerprint density at radius 3 is 1.82 bits per heavy atom. The molecular formula is C30H38Cl2N6O2. The molecule has 3 unspecified atom stereocenters. The lowest BCUT2D eigenvalue weighted by atomic mass is 9.82. The van der Waals surface area contributed by atoms with Crippen LogP contribution in [0.3, 0.4) is 0 Å². The van der Waals surface area contributed by atoms with Crippen LogP contribution in [0.4, 0.5) is 0 Å². The van der Waals surface area contributed by atoms with Crippen LogP contribution in [0.15, 0.2) is 73.8 Å². The van der Waals surface area contributed by atoms with E-state index in [4.69, 9.17) is 23.2 Å². The van der Waals surface area contributed by atoms with Crippen molar-refractivity contribution in [3.8, 4) is 0 Å². The molecule has 4 rings (SSSR count). The van der Waals surface area contributed by atoms with E-state index >= 15 is 0 Å². The highest BCUT2D eigenvalue weighted by Gasteiger charge is 2.32. The minimum Gasteiger partial charge on any atom is -0.390 e. The van der Waals surface area contributed by atoms with Gasteiger partial charge in [0.1, 0.15) is 31.4 Å². The standard InChI is InChI=1S/C15H20ClN3O.C15H18ClN3O/c2*1-15(2,3)14(20)13(19-10-17-9-18-19)8-11-4-6-12(16)7-5-11/h4-7,9-10,13-14,20H,8H2,1-3H3;4-10,14,20H,1-3H3. The minimum absolute atomic E-state index is 0.154. The zero-order valence-corrected chi connectivity index (χ0v) is 25.3. The van der Waals surface area contributed by atoms with Crippen LogP contribution in [0.5, 0.6) is 0 Å². The Kier molecular flexibility index (Phi) is 10.7. The molecule has 0 saturated heterocycles. The van der Waals surface area contributed by atoms with Crippen LogP contribution in [0.25, 0.3) is 11.8 Å². The molecule has 0 aliphatic carbocycles. The summed E-state index contributed by atoms with van der Waals surface area (Å²) < 4.78 is 3.31. The number of aliphatic hydroxyl groups excluding tert-OH is 2. The van der Waals surface area contributed by atoms with Crippen LogP contribution in [0.1, 0.15) is 58.7 Å². The van der Waals surface area contributed by atoms with Gasteiger partial charge in [-0.05, 0) is 58.7 Å². The van der Waals surface area contributed by atoms with Gasteiger partial charge >= 0.3 is 0 Å². The van der Waals surface area contributed by atoms with E-state index in [0.717, 1.165) is 11.1 Å². The molecule has 0 saturated carbocycles. The monoisotopic (exact) mass is 584 g/mol. The van der Waals surface area contributed by atoms with Gasteiger partial charge in [0.25, 0.3) is 0 Å². The van der Waals surface area contributed by atoms with Gasteiger partial charge < -0.3 is 10.2 Å². The van der Waals surface area contributed by atoms with Gasteiger partial charge in [0.15, 0.2) is 0 Å². The van der Waals surface area contributed by atoms with E-state index in [-0.39, 0.29) is 16.9 Å². The molecule has 214 valence electrons. The van der Waals surface area contributed by atoms with E-state index in [9.17, 15) is 10.2 Å². The van der Waals surface area contributed by atoms with Crippen molar-refractivity contribution in [3.63, 3.8) is 0 Å². The topological polar surface area (TPSA) is 102 Å². The Hall–Kier alpha value is -3.04. The molecule has 10 heteroatoms. The fraction of sp³-hybridized carbons (Fsp3) is 0.400. The van der Waals surface area contributed by atoms with E-state index < -0.39 is 12.2 Å². The molecule has 40 heavy (non-hydrogen) atoms. The molecular weight excluding hydrogens is 547 g/mol. The Labute approximate surface area is 246 Å². The maximum Gasteiger partial charge on any atom is 0.138 e. The summed E-state index contributed by atoms with van der Waals surface area (Å²) in [6.45, 7) is 12.0. The Bertz CT molecular complexity index is 1330. The summed E-state index contributed by atoms with van der Waals surface area (Å²) in [6, 6.07) is 14.9. The van der Waals surface area contributed by atoms with Gasteiger partial charge in [0.05, 0.1) is 17.8 Å². The molecule has 8 nitrogen and oxygen atoms in total. The maximum absolute atomic E-state index is 10.6. The first-order valence-corrected chi connectivity index (χ1v) is 13.8. The molecule has 4 aromatic rings. The number of halogens is 2. The fourth-order valence-corrected chi connectivity index (χ4v) is 4.21. The summed E-state index contributed by atoms with van der Waals surface area (Å²) in [4.78, 5) is 7.92. The van der Waals surface area contributed by atoms with Gasteiger partial charge in [0, 0.05) is 10.0 Å². The molecule has 3 atom stereocenters. The number of aliphatic hydroxyl groups is 2. The molecule has 0 spiro atoms. The second-order valence-electron chi connectivity index (χ2n) is 11.8. The number of benzene rings is 2. The smallest absolute Gasteiger partial charge is 0.138 e. The predicted octanol–water partition coefficient (Wildman–Crippen LogP) is 6.46. The second kappa shape index (κ2) is 13.5. The summed E-state index contributed by atoms with van der Waals surface area (Å²) in [5.74, 6) is 0. The van der Waals surface area contributed by atoms with Gasteiger partial charge in [-0.3, -0.25) is 0 Å². The van der Waals surface area contributed by atoms with Crippen molar-refractivity contribution in [2.24, 2.45) is 10.8 Å². The molecule has 2 aromatic heterocycles. The first-order chi connectivity index (χ1) is 18.8. The highest BCUT2D eigenvalue weighted by atomic mass is 35.5. The van der Waals surface area contributed by atoms with E-state index in [1.807, 2.05) is 96.1 Å². The zero-order chi connectivity index (χ0) is 29.5. The molecule has 0 aliphatic rings. The van der Waals surface area contributed by atoms with Crippen molar-refractivity contribution in [3.05, 3.63) is 95.0 Å². The van der Waals surface area contributed by atoms with Crippen molar-refractivity contribution in [1.29, 1.82) is 0 Å². The maximum atomic E-state index is 10.6. The van der Waals surface area contributed by atoms with E-state index in [1.165, 1.54) is 12.7 Å². The van der Waals surface area contributed by atoms with Crippen LogP contribution < -0.4 is 0 Å². The summed E-state index contributed by atoms with van der Waals surface area (Å²) in [7, 11) is 0. The Balaban J connectivity index is 0.000000220. The van der Waals surface area contributed by atoms with Crippen LogP contribution in [0.2, 0.25) is 10.0 Å². The third kappa shape index (κ3) is 8.99. The highest BCUT2D eigenvalue weighted by Crippen LogP contribution is 2.31. The number of rotatable bonds is 7. The van der Waals surface area contributed by atoms with Crippen LogP contribution in [0, 0.1) is 10.8 Å². The number of hydrogen-bond acceptors (Lipinski definition) is 6. The number of aromatic nitrogens is 6. The lowest BCUT2D eigenvalue weighted by molar-refractivity contribution is 0.0124.